The molecule has 4 rings (SSSR count). The lowest BCUT2D eigenvalue weighted by Gasteiger charge is -2.30. The third kappa shape index (κ3) is 2.99. The number of furan rings is 1. The molecule has 2 saturated carbocycles. The van der Waals surface area contributed by atoms with E-state index >= 15 is 0 Å². The van der Waals surface area contributed by atoms with Gasteiger partial charge in [-0.2, -0.15) is 0 Å². The lowest BCUT2D eigenvalue weighted by molar-refractivity contribution is -0.117. The smallest absolute Gasteiger partial charge is 0.230 e. The van der Waals surface area contributed by atoms with Crippen LogP contribution in [0.1, 0.15) is 45.6 Å². The van der Waals surface area contributed by atoms with Crippen LogP contribution < -0.4 is 5.73 Å². The van der Waals surface area contributed by atoms with E-state index in [0.717, 1.165) is 22.8 Å². The molecule has 2 fully saturated rings. The fourth-order valence-electron chi connectivity index (χ4n) is 4.59. The Morgan fingerprint density at radius 1 is 1.36 bits per heavy atom. The van der Waals surface area contributed by atoms with Gasteiger partial charge in [0.1, 0.15) is 0 Å². The molecule has 0 aliphatic heterocycles. The molecular formula is C18H24N4O2S. The number of hydrogen-bond acceptors (Lipinski definition) is 5. The number of carbonyl (C=O) groups is 1. The largest absolute Gasteiger partial charge is 0.461 e. The van der Waals surface area contributed by atoms with Crippen LogP contribution >= 0.6 is 11.8 Å². The van der Waals surface area contributed by atoms with Gasteiger partial charge in [-0.15, -0.1) is 10.2 Å². The minimum Gasteiger partial charge on any atom is -0.461 e. The van der Waals surface area contributed by atoms with Gasteiger partial charge in [-0.05, 0) is 63.0 Å². The first-order chi connectivity index (χ1) is 12.0. The summed E-state index contributed by atoms with van der Waals surface area (Å²) in [6, 6.07) is 4.03. The third-order valence-electron chi connectivity index (χ3n) is 5.91. The van der Waals surface area contributed by atoms with Gasteiger partial charge in [0.2, 0.25) is 11.7 Å². The van der Waals surface area contributed by atoms with Gasteiger partial charge in [0.25, 0.3) is 0 Å². The molecule has 0 radical (unpaired) electrons. The molecule has 2 aliphatic rings. The molecular weight excluding hydrogens is 336 g/mol. The van der Waals surface area contributed by atoms with E-state index in [4.69, 9.17) is 10.2 Å². The molecule has 2 bridgehead atoms. The highest BCUT2D eigenvalue weighted by atomic mass is 32.2. The molecule has 0 spiro atoms. The lowest BCUT2D eigenvalue weighted by Crippen LogP contribution is -2.25. The highest BCUT2D eigenvalue weighted by molar-refractivity contribution is 8.00. The highest BCUT2D eigenvalue weighted by Crippen LogP contribution is 2.53. The summed E-state index contributed by atoms with van der Waals surface area (Å²) in [5.74, 6) is 3.40. The maximum atomic E-state index is 11.5. The summed E-state index contributed by atoms with van der Waals surface area (Å²) >= 11 is 1.38. The fourth-order valence-corrected chi connectivity index (χ4v) is 5.48. The van der Waals surface area contributed by atoms with Gasteiger partial charge in [-0.3, -0.25) is 9.36 Å². The van der Waals surface area contributed by atoms with Gasteiger partial charge in [0.05, 0.1) is 11.5 Å². The van der Waals surface area contributed by atoms with Crippen molar-refractivity contribution in [2.75, 3.05) is 0 Å². The van der Waals surface area contributed by atoms with Gasteiger partial charge in [-0.25, -0.2) is 0 Å². The SMILES string of the molecule is C[C@@H](Sc1nnc(-c2ccco2)n1[C@@H](C)[C@H]1C[C@@H]2CC[C@@H]1C2)C(N)=O. The van der Waals surface area contributed by atoms with Crippen LogP contribution in [-0.2, 0) is 4.79 Å². The first-order valence-electron chi connectivity index (χ1n) is 8.99. The molecule has 2 N–H and O–H groups in total. The van der Waals surface area contributed by atoms with Gasteiger partial charge in [0.15, 0.2) is 10.9 Å². The molecule has 25 heavy (non-hydrogen) atoms. The van der Waals surface area contributed by atoms with E-state index in [1.54, 1.807) is 13.2 Å². The molecule has 0 saturated heterocycles. The van der Waals surface area contributed by atoms with Crippen LogP contribution in [0.25, 0.3) is 11.6 Å². The molecule has 134 valence electrons. The predicted molar refractivity (Wildman–Crippen MR) is 95.9 cm³/mol. The van der Waals surface area contributed by atoms with Crippen LogP contribution in [0.2, 0.25) is 0 Å². The average molecular weight is 360 g/mol. The fraction of sp³-hybridized carbons (Fsp3) is 0.611. The molecule has 5 atom stereocenters. The van der Waals surface area contributed by atoms with Gasteiger partial charge in [0, 0.05) is 6.04 Å². The summed E-state index contributed by atoms with van der Waals surface area (Å²) < 4.78 is 7.74. The zero-order chi connectivity index (χ0) is 17.6. The van der Waals surface area contributed by atoms with E-state index in [0.29, 0.717) is 11.7 Å². The van der Waals surface area contributed by atoms with Crippen LogP contribution in [0.15, 0.2) is 28.0 Å². The molecule has 0 unspecified atom stereocenters. The number of fused-ring (bicyclic) bond motifs is 2. The van der Waals surface area contributed by atoms with Crippen LogP contribution in [0.3, 0.4) is 0 Å². The topological polar surface area (TPSA) is 86.9 Å². The zero-order valence-corrected chi connectivity index (χ0v) is 15.4. The Balaban J connectivity index is 1.69. The summed E-state index contributed by atoms with van der Waals surface area (Å²) in [5, 5.41) is 9.12. The average Bonchev–Trinajstić information content (AvgIpc) is 3.36. The van der Waals surface area contributed by atoms with Crippen LogP contribution in [0, 0.1) is 17.8 Å². The van der Waals surface area contributed by atoms with E-state index in [-0.39, 0.29) is 17.2 Å². The monoisotopic (exact) mass is 360 g/mol. The van der Waals surface area contributed by atoms with Crippen molar-refractivity contribution >= 4 is 17.7 Å². The van der Waals surface area contributed by atoms with E-state index in [1.165, 1.54) is 37.4 Å². The van der Waals surface area contributed by atoms with Gasteiger partial charge >= 0.3 is 0 Å². The minimum atomic E-state index is -0.348. The standard InChI is InChI=1S/C18H24N4O2S/c1-10(14-9-12-5-6-13(14)8-12)22-17(15-4-3-7-24-15)20-21-18(22)25-11(2)16(19)23/h3-4,7,10-14H,5-6,8-9H2,1-2H3,(H2,19,23)/t10-,11+,12+,13+,14+/m0/s1. The van der Waals surface area contributed by atoms with Crippen LogP contribution in [0.4, 0.5) is 0 Å². The molecule has 2 aromatic heterocycles. The Morgan fingerprint density at radius 3 is 2.80 bits per heavy atom. The molecule has 6 nitrogen and oxygen atoms in total. The lowest BCUT2D eigenvalue weighted by atomic mass is 9.84. The Hall–Kier alpha value is -1.76. The number of rotatable bonds is 6. The van der Waals surface area contributed by atoms with Crippen molar-refractivity contribution < 1.29 is 9.21 Å². The second kappa shape index (κ2) is 6.52. The Kier molecular flexibility index (Phi) is 4.35. The van der Waals surface area contributed by atoms with E-state index in [1.807, 2.05) is 12.1 Å². The summed E-state index contributed by atoms with van der Waals surface area (Å²) in [4.78, 5) is 11.5. The maximum Gasteiger partial charge on any atom is 0.230 e. The number of amides is 1. The molecule has 1 amide bonds. The minimum absolute atomic E-state index is 0.271. The quantitative estimate of drug-likeness (QED) is 0.797. The van der Waals surface area contributed by atoms with Crippen molar-refractivity contribution in [3.8, 4) is 11.6 Å². The number of primary amides is 1. The number of nitrogens with two attached hydrogens (primary N) is 1. The van der Waals surface area contributed by atoms with E-state index in [9.17, 15) is 4.79 Å². The molecule has 2 aliphatic carbocycles. The number of carbonyl (C=O) groups excluding carboxylic acids is 1. The Bertz CT molecular complexity index is 757. The summed E-state index contributed by atoms with van der Waals surface area (Å²) in [6.45, 7) is 4.06. The van der Waals surface area contributed by atoms with Crippen molar-refractivity contribution in [3.05, 3.63) is 18.4 Å². The molecule has 2 aromatic rings. The van der Waals surface area contributed by atoms with Crippen molar-refractivity contribution in [1.29, 1.82) is 0 Å². The molecule has 0 aromatic carbocycles. The summed E-state index contributed by atoms with van der Waals surface area (Å²) in [7, 11) is 0. The normalized spacial score (nSPS) is 27.5. The van der Waals surface area contributed by atoms with Gasteiger partial charge in [-0.1, -0.05) is 18.2 Å². The van der Waals surface area contributed by atoms with E-state index in [2.05, 4.69) is 21.7 Å². The second-order valence-corrected chi connectivity index (χ2v) is 8.70. The Morgan fingerprint density at radius 2 is 2.20 bits per heavy atom. The van der Waals surface area contributed by atoms with Crippen LogP contribution in [0.5, 0.6) is 0 Å². The number of thioether (sulfide) groups is 1. The first-order valence-corrected chi connectivity index (χ1v) is 9.87. The molecule has 7 heteroatoms. The predicted octanol–water partition coefficient (Wildman–Crippen LogP) is 3.50. The third-order valence-corrected chi connectivity index (χ3v) is 6.98. The first kappa shape index (κ1) is 16.7. The molecule has 2 heterocycles. The van der Waals surface area contributed by atoms with Gasteiger partial charge < -0.3 is 10.2 Å². The summed E-state index contributed by atoms with van der Waals surface area (Å²) in [6.07, 6.45) is 6.99. The summed E-state index contributed by atoms with van der Waals surface area (Å²) in [5.41, 5.74) is 5.45. The van der Waals surface area contributed by atoms with Crippen molar-refractivity contribution in [2.45, 2.75) is 56.0 Å². The maximum absolute atomic E-state index is 11.5. The van der Waals surface area contributed by atoms with Crippen molar-refractivity contribution in [3.63, 3.8) is 0 Å². The number of aromatic nitrogens is 3. The number of nitrogens with zero attached hydrogens (tertiary/aromatic N) is 3. The second-order valence-electron chi connectivity index (χ2n) is 7.40. The Labute approximate surface area is 151 Å². The van der Waals surface area contributed by atoms with E-state index < -0.39 is 0 Å². The van der Waals surface area contributed by atoms with Crippen LogP contribution in [-0.4, -0.2) is 25.9 Å². The van der Waals surface area contributed by atoms with Crippen molar-refractivity contribution in [1.82, 2.24) is 14.8 Å². The van der Waals surface area contributed by atoms with Crippen molar-refractivity contribution in [2.24, 2.45) is 23.5 Å². The number of hydrogen-bond donors (Lipinski definition) is 1. The zero-order valence-electron chi connectivity index (χ0n) is 14.6. The highest BCUT2D eigenvalue weighted by Gasteiger charge is 2.43.